The molecular weight excluding hydrogens is 444 g/mol. The van der Waals surface area contributed by atoms with Crippen molar-refractivity contribution < 1.29 is 9.53 Å². The van der Waals surface area contributed by atoms with Crippen LogP contribution in [0, 0.1) is 0 Å². The smallest absolute Gasteiger partial charge is 0.329 e. The normalized spacial score (nSPS) is 14.6. The van der Waals surface area contributed by atoms with E-state index < -0.39 is 17.0 Å². The number of Topliss-reactive ketones (excluding diaryl/α,β-unsaturated/α-hetero) is 1. The summed E-state index contributed by atoms with van der Waals surface area (Å²) in [6.07, 6.45) is 0.636. The SMILES string of the molecule is CCCn1c(N)c(C(=O)CSc2nc(CN3CCOCC3)nc3ccccc23)c(=O)[nH]c1=O. The number of nitrogens with two attached hydrogens (primary N) is 1. The van der Waals surface area contributed by atoms with E-state index in [1.54, 1.807) is 0 Å². The molecule has 33 heavy (non-hydrogen) atoms. The minimum absolute atomic E-state index is 0.0460. The van der Waals surface area contributed by atoms with Crippen LogP contribution in [-0.4, -0.2) is 62.3 Å². The van der Waals surface area contributed by atoms with E-state index in [0.717, 1.165) is 24.0 Å². The highest BCUT2D eigenvalue weighted by Gasteiger charge is 2.21. The molecule has 1 aliphatic rings. The molecule has 1 fully saturated rings. The highest BCUT2D eigenvalue weighted by atomic mass is 32.2. The summed E-state index contributed by atoms with van der Waals surface area (Å²) in [4.78, 5) is 51.2. The van der Waals surface area contributed by atoms with Gasteiger partial charge in [0.1, 0.15) is 22.2 Å². The van der Waals surface area contributed by atoms with Gasteiger partial charge in [-0.05, 0) is 12.5 Å². The van der Waals surface area contributed by atoms with Crippen molar-refractivity contribution >= 4 is 34.3 Å². The number of aromatic amines is 1. The molecule has 1 aliphatic heterocycles. The Hall–Kier alpha value is -3.02. The number of nitrogen functional groups attached to an aromatic ring is 1. The summed E-state index contributed by atoms with van der Waals surface area (Å²) in [5.41, 5.74) is 5.25. The third-order valence-electron chi connectivity index (χ3n) is 5.39. The van der Waals surface area contributed by atoms with Crippen LogP contribution in [-0.2, 0) is 17.8 Å². The lowest BCUT2D eigenvalue weighted by atomic mass is 10.2. The molecule has 0 aliphatic carbocycles. The predicted molar refractivity (Wildman–Crippen MR) is 127 cm³/mol. The number of benzene rings is 1. The number of morpholine rings is 1. The van der Waals surface area contributed by atoms with Crippen molar-refractivity contribution in [1.29, 1.82) is 0 Å². The van der Waals surface area contributed by atoms with Crippen molar-refractivity contribution in [2.45, 2.75) is 31.5 Å². The molecule has 0 atom stereocenters. The number of ketones is 1. The number of H-pyrrole nitrogens is 1. The number of hydrogen-bond donors (Lipinski definition) is 2. The van der Waals surface area contributed by atoms with E-state index in [2.05, 4.69) is 14.9 Å². The van der Waals surface area contributed by atoms with E-state index in [4.69, 9.17) is 15.5 Å². The van der Waals surface area contributed by atoms with E-state index in [-0.39, 0.29) is 17.1 Å². The van der Waals surface area contributed by atoms with Gasteiger partial charge < -0.3 is 10.5 Å². The maximum atomic E-state index is 13.0. The van der Waals surface area contributed by atoms with Gasteiger partial charge in [0, 0.05) is 25.0 Å². The Morgan fingerprint density at radius 2 is 1.97 bits per heavy atom. The first-order valence-corrected chi connectivity index (χ1v) is 11.8. The van der Waals surface area contributed by atoms with Crippen LogP contribution in [0.15, 0.2) is 38.9 Å². The van der Waals surface area contributed by atoms with E-state index in [9.17, 15) is 14.4 Å². The summed E-state index contributed by atoms with van der Waals surface area (Å²) in [5, 5.41) is 1.49. The molecule has 0 unspecified atom stereocenters. The maximum absolute atomic E-state index is 13.0. The molecular formula is C22H26N6O4S. The zero-order valence-corrected chi connectivity index (χ0v) is 19.2. The van der Waals surface area contributed by atoms with Crippen molar-refractivity contribution in [3.05, 3.63) is 56.5 Å². The fraction of sp³-hybridized carbons (Fsp3) is 0.409. The number of nitrogens with zero attached hydrogens (tertiary/aromatic N) is 4. The van der Waals surface area contributed by atoms with Crippen LogP contribution >= 0.6 is 11.8 Å². The Morgan fingerprint density at radius 1 is 1.21 bits per heavy atom. The van der Waals surface area contributed by atoms with Gasteiger partial charge in [0.05, 0.1) is 31.0 Å². The van der Waals surface area contributed by atoms with Crippen LogP contribution in [0.2, 0.25) is 0 Å². The lowest BCUT2D eigenvalue weighted by Crippen LogP contribution is -2.36. The standard InChI is InChI=1S/C22H26N6O4S/c1-2-7-28-19(23)18(20(30)26-22(28)31)16(29)13-33-21-14-5-3-4-6-15(14)24-17(25-21)12-27-8-10-32-11-9-27/h3-6H,2,7-13,23H2,1H3,(H,26,30,31). The number of nitrogens with one attached hydrogen (secondary N) is 1. The number of carbonyl (C=O) groups is 1. The number of fused-ring (bicyclic) bond motifs is 1. The molecule has 0 amide bonds. The van der Waals surface area contributed by atoms with Crippen molar-refractivity contribution in [1.82, 2.24) is 24.4 Å². The van der Waals surface area contributed by atoms with Crippen LogP contribution in [0.5, 0.6) is 0 Å². The van der Waals surface area contributed by atoms with Crippen molar-refractivity contribution in [2.75, 3.05) is 37.8 Å². The van der Waals surface area contributed by atoms with E-state index in [0.29, 0.717) is 43.6 Å². The molecule has 2 aromatic heterocycles. The van der Waals surface area contributed by atoms with Crippen molar-refractivity contribution in [3.63, 3.8) is 0 Å². The second kappa shape index (κ2) is 10.3. The molecule has 3 heterocycles. The second-order valence-corrected chi connectivity index (χ2v) is 8.70. The number of para-hydroxylation sites is 1. The Labute approximate surface area is 194 Å². The van der Waals surface area contributed by atoms with E-state index in [1.165, 1.54) is 16.3 Å². The number of aromatic nitrogens is 4. The van der Waals surface area contributed by atoms with Gasteiger partial charge >= 0.3 is 5.69 Å². The Kier molecular flexibility index (Phi) is 7.21. The highest BCUT2D eigenvalue weighted by molar-refractivity contribution is 8.00. The fourth-order valence-electron chi connectivity index (χ4n) is 3.74. The zero-order valence-electron chi connectivity index (χ0n) is 18.4. The molecule has 11 heteroatoms. The first-order valence-electron chi connectivity index (χ1n) is 10.8. The molecule has 174 valence electrons. The summed E-state index contributed by atoms with van der Waals surface area (Å²) >= 11 is 1.23. The second-order valence-electron chi connectivity index (χ2n) is 7.73. The number of thioether (sulfide) groups is 1. The van der Waals surface area contributed by atoms with Crippen LogP contribution in [0.1, 0.15) is 29.5 Å². The summed E-state index contributed by atoms with van der Waals surface area (Å²) in [7, 11) is 0. The molecule has 0 saturated carbocycles. The Bertz CT molecular complexity index is 1280. The average Bonchev–Trinajstić information content (AvgIpc) is 2.80. The third-order valence-corrected chi connectivity index (χ3v) is 6.38. The molecule has 0 bridgehead atoms. The van der Waals surface area contributed by atoms with Gasteiger partial charge in [-0.15, -0.1) is 0 Å². The summed E-state index contributed by atoms with van der Waals surface area (Å²) < 4.78 is 6.63. The quantitative estimate of drug-likeness (QED) is 0.283. The molecule has 1 aromatic carbocycles. The van der Waals surface area contributed by atoms with Crippen LogP contribution < -0.4 is 17.0 Å². The number of rotatable bonds is 8. The summed E-state index contributed by atoms with van der Waals surface area (Å²) in [6.45, 7) is 5.77. The van der Waals surface area contributed by atoms with Gasteiger partial charge in [-0.25, -0.2) is 14.8 Å². The number of hydrogen-bond acceptors (Lipinski definition) is 9. The zero-order chi connectivity index (χ0) is 23.4. The first kappa shape index (κ1) is 23.1. The van der Waals surface area contributed by atoms with Crippen LogP contribution in [0.25, 0.3) is 10.9 Å². The summed E-state index contributed by atoms with van der Waals surface area (Å²) in [5.74, 6) is 0.0625. The Balaban J connectivity index is 1.60. The third kappa shape index (κ3) is 5.15. The van der Waals surface area contributed by atoms with Gasteiger partial charge in [-0.3, -0.25) is 24.0 Å². The number of carbonyl (C=O) groups excluding carboxylic acids is 1. The van der Waals surface area contributed by atoms with Gasteiger partial charge in [0.2, 0.25) is 0 Å². The van der Waals surface area contributed by atoms with Gasteiger partial charge in [0.25, 0.3) is 5.56 Å². The Morgan fingerprint density at radius 3 is 2.73 bits per heavy atom. The number of anilines is 1. The molecule has 3 aromatic rings. The summed E-state index contributed by atoms with van der Waals surface area (Å²) in [6, 6.07) is 7.62. The highest BCUT2D eigenvalue weighted by Crippen LogP contribution is 2.26. The lowest BCUT2D eigenvalue weighted by molar-refractivity contribution is 0.0330. The molecule has 3 N–H and O–H groups in total. The average molecular weight is 471 g/mol. The monoisotopic (exact) mass is 470 g/mol. The van der Waals surface area contributed by atoms with Crippen LogP contribution in [0.3, 0.4) is 0 Å². The van der Waals surface area contributed by atoms with Gasteiger partial charge in [-0.2, -0.15) is 0 Å². The van der Waals surface area contributed by atoms with E-state index in [1.807, 2.05) is 31.2 Å². The van der Waals surface area contributed by atoms with Crippen molar-refractivity contribution in [2.24, 2.45) is 0 Å². The fourth-order valence-corrected chi connectivity index (χ4v) is 4.65. The minimum atomic E-state index is -0.768. The van der Waals surface area contributed by atoms with Gasteiger partial charge in [0.15, 0.2) is 5.78 Å². The largest absolute Gasteiger partial charge is 0.384 e. The number of ether oxygens (including phenoxy) is 1. The molecule has 10 nitrogen and oxygen atoms in total. The minimum Gasteiger partial charge on any atom is -0.384 e. The molecule has 0 spiro atoms. The molecule has 1 saturated heterocycles. The first-order chi connectivity index (χ1) is 16.0. The van der Waals surface area contributed by atoms with Crippen LogP contribution in [0.4, 0.5) is 5.82 Å². The maximum Gasteiger partial charge on any atom is 0.329 e. The molecule has 0 radical (unpaired) electrons. The topological polar surface area (TPSA) is 136 Å². The molecule has 4 rings (SSSR count). The van der Waals surface area contributed by atoms with Crippen molar-refractivity contribution in [3.8, 4) is 0 Å². The van der Waals surface area contributed by atoms with Gasteiger partial charge in [-0.1, -0.05) is 36.9 Å². The lowest BCUT2D eigenvalue weighted by Gasteiger charge is -2.25. The predicted octanol–water partition coefficient (Wildman–Crippen LogP) is 1.28. The van der Waals surface area contributed by atoms with E-state index >= 15 is 0 Å².